The third-order valence-corrected chi connectivity index (χ3v) is 3.71. The van der Waals surface area contributed by atoms with Crippen molar-refractivity contribution in [2.24, 2.45) is 5.41 Å². The summed E-state index contributed by atoms with van der Waals surface area (Å²) in [6, 6.07) is 3.82. The van der Waals surface area contributed by atoms with Crippen LogP contribution in [0.15, 0.2) is 12.1 Å². The fraction of sp³-hybridized carbons (Fsp3) is 0.625. The zero-order chi connectivity index (χ0) is 15.5. The van der Waals surface area contributed by atoms with Gasteiger partial charge in [-0.25, -0.2) is 4.98 Å². The van der Waals surface area contributed by atoms with Crippen molar-refractivity contribution >= 4 is 11.7 Å². The summed E-state index contributed by atoms with van der Waals surface area (Å²) in [7, 11) is 1.86. The Hall–Kier alpha value is -1.58. The number of rotatable bonds is 4. The minimum atomic E-state index is 0.0390. The zero-order valence-electron chi connectivity index (χ0n) is 13.7. The predicted molar refractivity (Wildman–Crippen MR) is 84.1 cm³/mol. The number of carbonyl (C=O) groups is 1. The first kappa shape index (κ1) is 16.5. The first-order valence-corrected chi connectivity index (χ1v) is 7.16. The van der Waals surface area contributed by atoms with E-state index >= 15 is 0 Å². The molecule has 1 unspecified atom stereocenters. The number of carbonyl (C=O) groups excluding carboxylic acids is 1. The highest BCUT2D eigenvalue weighted by Gasteiger charge is 2.27. The summed E-state index contributed by atoms with van der Waals surface area (Å²) < 4.78 is 0. The Labute approximate surface area is 122 Å². The second kappa shape index (κ2) is 6.25. The van der Waals surface area contributed by atoms with Crippen LogP contribution in [0.4, 0.5) is 5.82 Å². The fourth-order valence-electron chi connectivity index (χ4n) is 2.02. The summed E-state index contributed by atoms with van der Waals surface area (Å²) in [4.78, 5) is 18.8. The topological polar surface area (TPSA) is 45.2 Å². The summed E-state index contributed by atoms with van der Waals surface area (Å²) in [5.41, 5.74) is 1.59. The molecular weight excluding hydrogens is 250 g/mol. The van der Waals surface area contributed by atoms with Gasteiger partial charge >= 0.3 is 0 Å². The average Bonchev–Trinajstić information content (AvgIpc) is 2.34. The molecule has 0 fully saturated rings. The van der Waals surface area contributed by atoms with E-state index in [1.54, 1.807) is 0 Å². The summed E-state index contributed by atoms with van der Waals surface area (Å²) in [5.74, 6) is 0.796. The molecule has 0 aromatic carbocycles. The van der Waals surface area contributed by atoms with Crippen molar-refractivity contribution < 1.29 is 4.79 Å². The lowest BCUT2D eigenvalue weighted by molar-refractivity contribution is 0.0629. The third kappa shape index (κ3) is 3.95. The van der Waals surface area contributed by atoms with Crippen LogP contribution in [0.3, 0.4) is 0 Å². The van der Waals surface area contributed by atoms with Crippen molar-refractivity contribution in [3.8, 4) is 0 Å². The highest BCUT2D eigenvalue weighted by Crippen LogP contribution is 2.24. The van der Waals surface area contributed by atoms with E-state index in [1.807, 2.05) is 37.9 Å². The monoisotopic (exact) mass is 277 g/mol. The van der Waals surface area contributed by atoms with Gasteiger partial charge < -0.3 is 10.2 Å². The number of amides is 1. The Morgan fingerprint density at radius 1 is 1.40 bits per heavy atom. The molecule has 0 saturated carbocycles. The molecule has 0 aliphatic heterocycles. The normalized spacial score (nSPS) is 12.9. The van der Waals surface area contributed by atoms with Gasteiger partial charge in [-0.1, -0.05) is 20.8 Å². The van der Waals surface area contributed by atoms with Gasteiger partial charge in [-0.2, -0.15) is 0 Å². The van der Waals surface area contributed by atoms with Crippen LogP contribution in [0.1, 0.15) is 50.7 Å². The lowest BCUT2D eigenvalue weighted by Gasteiger charge is -2.35. The van der Waals surface area contributed by atoms with Gasteiger partial charge in [-0.3, -0.25) is 4.79 Å². The van der Waals surface area contributed by atoms with Crippen molar-refractivity contribution in [1.82, 2.24) is 9.88 Å². The van der Waals surface area contributed by atoms with Crippen LogP contribution in [0.2, 0.25) is 0 Å². The molecule has 1 aromatic heterocycles. The van der Waals surface area contributed by atoms with Crippen molar-refractivity contribution in [3.05, 3.63) is 23.4 Å². The SMILES string of the molecule is CCNc1cc(C(=O)N(C)C(C)C(C)(C)C)cc(C)n1. The van der Waals surface area contributed by atoms with E-state index in [4.69, 9.17) is 0 Å². The largest absolute Gasteiger partial charge is 0.370 e. The molecule has 1 amide bonds. The van der Waals surface area contributed by atoms with Crippen LogP contribution in [-0.2, 0) is 0 Å². The Kier molecular flexibility index (Phi) is 5.15. The van der Waals surface area contributed by atoms with E-state index in [2.05, 4.69) is 38.0 Å². The third-order valence-electron chi connectivity index (χ3n) is 3.71. The second-order valence-corrected chi connectivity index (χ2v) is 6.37. The smallest absolute Gasteiger partial charge is 0.254 e. The predicted octanol–water partition coefficient (Wildman–Crippen LogP) is 3.33. The molecule has 0 saturated heterocycles. The molecule has 0 spiro atoms. The molecule has 0 bridgehead atoms. The van der Waals surface area contributed by atoms with Crippen molar-refractivity contribution in [2.45, 2.75) is 47.6 Å². The number of pyridine rings is 1. The minimum absolute atomic E-state index is 0.0390. The van der Waals surface area contributed by atoms with Crippen LogP contribution >= 0.6 is 0 Å². The number of anilines is 1. The van der Waals surface area contributed by atoms with E-state index in [1.165, 1.54) is 0 Å². The van der Waals surface area contributed by atoms with E-state index < -0.39 is 0 Å². The van der Waals surface area contributed by atoms with Crippen LogP contribution in [0, 0.1) is 12.3 Å². The standard InChI is InChI=1S/C16H27N3O/c1-8-17-14-10-13(9-11(2)18-14)15(20)19(7)12(3)16(4,5)6/h9-10,12H,8H2,1-7H3,(H,17,18). The van der Waals surface area contributed by atoms with Crippen LogP contribution in [0.5, 0.6) is 0 Å². The van der Waals surface area contributed by atoms with Gasteiger partial charge in [0.2, 0.25) is 0 Å². The number of aromatic nitrogens is 1. The Morgan fingerprint density at radius 3 is 2.50 bits per heavy atom. The molecule has 1 aromatic rings. The van der Waals surface area contributed by atoms with Crippen LogP contribution in [0.25, 0.3) is 0 Å². The van der Waals surface area contributed by atoms with Crippen molar-refractivity contribution in [1.29, 1.82) is 0 Å². The summed E-state index contributed by atoms with van der Waals surface area (Å²) in [6.45, 7) is 13.2. The van der Waals surface area contributed by atoms with Gasteiger partial charge in [-0.15, -0.1) is 0 Å². The molecule has 4 heteroatoms. The van der Waals surface area contributed by atoms with Crippen molar-refractivity contribution in [2.75, 3.05) is 18.9 Å². The first-order valence-electron chi connectivity index (χ1n) is 7.16. The Bertz CT molecular complexity index is 477. The lowest BCUT2D eigenvalue weighted by Crippen LogP contribution is -2.43. The van der Waals surface area contributed by atoms with Crippen molar-refractivity contribution in [3.63, 3.8) is 0 Å². The number of hydrogen-bond donors (Lipinski definition) is 1. The van der Waals surface area contributed by atoms with Gasteiger partial charge in [0.05, 0.1) is 0 Å². The summed E-state index contributed by atoms with van der Waals surface area (Å²) in [6.07, 6.45) is 0. The maximum absolute atomic E-state index is 12.6. The summed E-state index contributed by atoms with van der Waals surface area (Å²) in [5, 5.41) is 3.16. The van der Waals surface area contributed by atoms with E-state index in [0.717, 1.165) is 18.1 Å². The fourth-order valence-corrected chi connectivity index (χ4v) is 2.02. The maximum Gasteiger partial charge on any atom is 0.254 e. The quantitative estimate of drug-likeness (QED) is 0.918. The molecule has 0 aliphatic rings. The number of hydrogen-bond acceptors (Lipinski definition) is 3. The van der Waals surface area contributed by atoms with Crippen LogP contribution in [-0.4, -0.2) is 35.4 Å². The molecule has 20 heavy (non-hydrogen) atoms. The van der Waals surface area contributed by atoms with Crippen LogP contribution < -0.4 is 5.32 Å². The van der Waals surface area contributed by atoms with Gasteiger partial charge in [0.25, 0.3) is 5.91 Å². The number of aryl methyl sites for hydroxylation is 1. The molecule has 1 rings (SSSR count). The van der Waals surface area contributed by atoms with E-state index in [-0.39, 0.29) is 17.4 Å². The number of nitrogens with one attached hydrogen (secondary N) is 1. The second-order valence-electron chi connectivity index (χ2n) is 6.37. The zero-order valence-corrected chi connectivity index (χ0v) is 13.7. The summed E-state index contributed by atoms with van der Waals surface area (Å²) >= 11 is 0. The highest BCUT2D eigenvalue weighted by atomic mass is 16.2. The number of nitrogens with zero attached hydrogens (tertiary/aromatic N) is 2. The molecule has 0 aliphatic carbocycles. The van der Waals surface area contributed by atoms with Gasteiger partial charge in [0.1, 0.15) is 5.82 Å². The first-order chi connectivity index (χ1) is 9.16. The average molecular weight is 277 g/mol. The molecule has 0 radical (unpaired) electrons. The van der Waals surface area contributed by atoms with Gasteiger partial charge in [0, 0.05) is 30.9 Å². The molecule has 1 N–H and O–H groups in total. The molecule has 4 nitrogen and oxygen atoms in total. The lowest BCUT2D eigenvalue weighted by atomic mass is 9.87. The van der Waals surface area contributed by atoms with E-state index in [0.29, 0.717) is 5.56 Å². The molecule has 1 atom stereocenters. The van der Waals surface area contributed by atoms with Gasteiger partial charge in [-0.05, 0) is 38.3 Å². The van der Waals surface area contributed by atoms with Gasteiger partial charge in [0.15, 0.2) is 0 Å². The molecule has 1 heterocycles. The maximum atomic E-state index is 12.6. The Balaban J connectivity index is 3.02. The Morgan fingerprint density at radius 2 is 2.00 bits per heavy atom. The van der Waals surface area contributed by atoms with E-state index in [9.17, 15) is 4.79 Å². The molecular formula is C16H27N3O. The highest BCUT2D eigenvalue weighted by molar-refractivity contribution is 5.95. The minimum Gasteiger partial charge on any atom is -0.370 e. The molecule has 112 valence electrons.